The molecular weight excluding hydrogens is 695 g/mol. The van der Waals surface area contributed by atoms with Gasteiger partial charge in [-0.25, -0.2) is 4.98 Å². The summed E-state index contributed by atoms with van der Waals surface area (Å²) < 4.78 is 95.7. The van der Waals surface area contributed by atoms with E-state index >= 15 is 0 Å². The Morgan fingerprint density at radius 2 is 1.62 bits per heavy atom. The number of hydrogen-bond acceptors (Lipinski definition) is 4. The molecule has 0 fully saturated rings. The average Bonchev–Trinajstić information content (AvgIpc) is 3.48. The van der Waals surface area contributed by atoms with E-state index in [1.807, 2.05) is 18.2 Å². The van der Waals surface area contributed by atoms with Gasteiger partial charge in [-0.3, -0.25) is 0 Å². The van der Waals surface area contributed by atoms with Crippen LogP contribution >= 0.6 is 0 Å². The second-order valence-electron chi connectivity index (χ2n) is 9.48. The van der Waals surface area contributed by atoms with Gasteiger partial charge in [0.2, 0.25) is 5.71 Å². The molecule has 5 heteroatoms. The number of nitrogens with zero attached hydrogens (tertiary/aromatic N) is 3. The molecular formula is C37H27IrN3O-2. The van der Waals surface area contributed by atoms with E-state index in [1.165, 1.54) is 24.3 Å². The quantitative estimate of drug-likeness (QED) is 0.125. The summed E-state index contributed by atoms with van der Waals surface area (Å²) in [5.74, 6) is 0. The van der Waals surface area contributed by atoms with Crippen LogP contribution in [0.1, 0.15) is 38.8 Å². The van der Waals surface area contributed by atoms with Crippen LogP contribution in [-0.2, 0) is 20.1 Å². The summed E-state index contributed by atoms with van der Waals surface area (Å²) in [6.07, 6.45) is 2.81. The first-order valence-corrected chi connectivity index (χ1v) is 12.7. The molecule has 207 valence electrons. The van der Waals surface area contributed by atoms with Crippen LogP contribution in [0, 0.1) is 39.5 Å². The molecule has 0 saturated heterocycles. The molecule has 4 aromatic carbocycles. The van der Waals surface area contributed by atoms with E-state index in [9.17, 15) is 0 Å². The van der Waals surface area contributed by atoms with Crippen molar-refractivity contribution in [1.82, 2.24) is 15.0 Å². The molecule has 42 heavy (non-hydrogen) atoms. The molecule has 0 bridgehead atoms. The first-order chi connectivity index (χ1) is 24.8. The zero-order chi connectivity index (χ0) is 38.1. The minimum Gasteiger partial charge on any atom is -0.486 e. The van der Waals surface area contributed by atoms with Gasteiger partial charge in [0.1, 0.15) is 0 Å². The van der Waals surface area contributed by atoms with Gasteiger partial charge in [-0.2, -0.15) is 0 Å². The van der Waals surface area contributed by atoms with Gasteiger partial charge in [0.15, 0.2) is 0 Å². The summed E-state index contributed by atoms with van der Waals surface area (Å²) in [5.41, 5.74) is 1.91. The zero-order valence-electron chi connectivity index (χ0n) is 33.7. The number of hydrogen-bond donors (Lipinski definition) is 0. The van der Waals surface area contributed by atoms with Crippen molar-refractivity contribution in [1.29, 1.82) is 0 Å². The fraction of sp³-hybridized carbons (Fsp3) is 0.108. The Morgan fingerprint density at radius 1 is 0.738 bits per heavy atom. The van der Waals surface area contributed by atoms with Gasteiger partial charge < -0.3 is 14.4 Å². The Kier molecular flexibility index (Phi) is 4.45. The first-order valence-electron chi connectivity index (χ1n) is 18.7. The van der Waals surface area contributed by atoms with Crippen LogP contribution in [0.15, 0.2) is 95.7 Å². The molecule has 0 spiro atoms. The largest absolute Gasteiger partial charge is 0.486 e. The molecule has 0 N–H and O–H groups in total. The van der Waals surface area contributed by atoms with E-state index in [1.54, 1.807) is 24.4 Å². The SMILES string of the molecule is [2H]C([2H])([2H])c1c[c-]c(-c2cc(C([2H])([2H])[2H])c(C([2H])([2H])[2H])cn2)cc1.[2H]C([2H])([2H])c1ccc2c(n1)oc1c[c-]c3c4ncccc4c4ccccc4c3c12.[Ir]. The Morgan fingerprint density at radius 3 is 2.43 bits per heavy atom. The predicted molar refractivity (Wildman–Crippen MR) is 168 cm³/mol. The van der Waals surface area contributed by atoms with Crippen molar-refractivity contribution < 1.29 is 41.0 Å². The predicted octanol–water partition coefficient (Wildman–Crippen LogP) is 9.42. The molecule has 0 atom stereocenters. The molecule has 0 amide bonds. The number of rotatable bonds is 1. The number of aryl methyl sites for hydroxylation is 4. The second kappa shape index (κ2) is 11.1. The summed E-state index contributed by atoms with van der Waals surface area (Å²) >= 11 is 0. The van der Waals surface area contributed by atoms with Gasteiger partial charge in [-0.15, -0.1) is 52.9 Å². The smallest absolute Gasteiger partial charge is 0.216 e. The number of benzene rings is 4. The van der Waals surface area contributed by atoms with Gasteiger partial charge >= 0.3 is 0 Å². The maximum atomic E-state index is 7.63. The van der Waals surface area contributed by atoms with Gasteiger partial charge in [0.25, 0.3) is 0 Å². The van der Waals surface area contributed by atoms with Crippen LogP contribution in [0.2, 0.25) is 0 Å². The molecule has 8 aromatic rings. The first kappa shape index (κ1) is 16.9. The van der Waals surface area contributed by atoms with Crippen molar-refractivity contribution in [2.24, 2.45) is 0 Å². The van der Waals surface area contributed by atoms with Crippen LogP contribution < -0.4 is 0 Å². The number of fused-ring (bicyclic) bond motifs is 10. The van der Waals surface area contributed by atoms with E-state index in [0.717, 1.165) is 49.4 Å². The summed E-state index contributed by atoms with van der Waals surface area (Å²) in [6.45, 7) is -9.75. The minimum absolute atomic E-state index is 0. The topological polar surface area (TPSA) is 51.8 Å². The second-order valence-corrected chi connectivity index (χ2v) is 9.48. The maximum Gasteiger partial charge on any atom is 0.216 e. The third-order valence-electron chi connectivity index (χ3n) is 6.95. The average molecular weight is 734 g/mol. The third kappa shape index (κ3) is 4.75. The van der Waals surface area contributed by atoms with Gasteiger partial charge in [-0.1, -0.05) is 59.6 Å². The van der Waals surface area contributed by atoms with Crippen molar-refractivity contribution in [3.8, 4) is 11.3 Å². The van der Waals surface area contributed by atoms with E-state index in [2.05, 4.69) is 45.3 Å². The van der Waals surface area contributed by atoms with Crippen molar-refractivity contribution in [3.05, 3.63) is 126 Å². The van der Waals surface area contributed by atoms with Crippen LogP contribution in [0.3, 0.4) is 0 Å². The van der Waals surface area contributed by atoms with Gasteiger partial charge in [0, 0.05) is 60.0 Å². The standard InChI is InChI=1S/C23H13N2O.C14H14N.Ir/c1-13-8-9-18-21-19(26-23(18)25-13)11-10-17-20(21)15-6-3-2-5-14(15)16-7-4-12-24-22(16)17;1-10-4-6-13(7-5-10)14-8-11(2)12(3)9-15-14;/h2-9,11-12H,1H3;4-6,8-9H,1-3H3;/q2*-1;/i1D3;1D3,2D3,3D3;. The molecule has 8 rings (SSSR count). The fourth-order valence-corrected chi connectivity index (χ4v) is 5.09. The molecule has 0 unspecified atom stereocenters. The van der Waals surface area contributed by atoms with Gasteiger partial charge in [0.05, 0.1) is 5.58 Å². The van der Waals surface area contributed by atoms with Crippen LogP contribution in [0.4, 0.5) is 0 Å². The summed E-state index contributed by atoms with van der Waals surface area (Å²) in [5, 5.41) is 6.84. The zero-order valence-corrected chi connectivity index (χ0v) is 24.1. The third-order valence-corrected chi connectivity index (χ3v) is 6.95. The van der Waals surface area contributed by atoms with Crippen molar-refractivity contribution >= 4 is 54.5 Å². The van der Waals surface area contributed by atoms with E-state index in [4.69, 9.17) is 20.9 Å². The van der Waals surface area contributed by atoms with E-state index in [0.29, 0.717) is 16.9 Å². The van der Waals surface area contributed by atoms with Crippen LogP contribution in [0.5, 0.6) is 0 Å². The molecule has 4 nitrogen and oxygen atoms in total. The Labute approximate surface area is 274 Å². The molecule has 0 aliphatic heterocycles. The fourth-order valence-electron chi connectivity index (χ4n) is 5.09. The molecule has 0 aliphatic carbocycles. The number of pyridine rings is 3. The monoisotopic (exact) mass is 734 g/mol. The van der Waals surface area contributed by atoms with E-state index < -0.39 is 27.4 Å². The normalized spacial score (nSPS) is 16.6. The van der Waals surface area contributed by atoms with Crippen molar-refractivity contribution in [2.45, 2.75) is 27.4 Å². The Hall–Kier alpha value is -4.44. The van der Waals surface area contributed by atoms with Crippen molar-refractivity contribution in [3.63, 3.8) is 0 Å². The molecule has 4 heterocycles. The number of aromatic nitrogens is 3. The Balaban J connectivity index is 0.000000185. The Bertz CT molecular complexity index is 2650. The summed E-state index contributed by atoms with van der Waals surface area (Å²) in [6, 6.07) is 28.7. The van der Waals surface area contributed by atoms with Crippen LogP contribution in [-0.4, -0.2) is 15.0 Å². The molecule has 1 radical (unpaired) electrons. The number of furan rings is 1. The summed E-state index contributed by atoms with van der Waals surface area (Å²) in [4.78, 5) is 12.9. The van der Waals surface area contributed by atoms with E-state index in [-0.39, 0.29) is 48.2 Å². The van der Waals surface area contributed by atoms with Crippen molar-refractivity contribution in [2.75, 3.05) is 0 Å². The minimum atomic E-state index is -2.61. The maximum absolute atomic E-state index is 7.63. The van der Waals surface area contributed by atoms with Crippen LogP contribution in [0.25, 0.3) is 65.8 Å². The summed E-state index contributed by atoms with van der Waals surface area (Å²) in [7, 11) is 0. The molecule has 0 aliphatic rings. The van der Waals surface area contributed by atoms with Gasteiger partial charge in [-0.05, 0) is 71.7 Å². The molecule has 0 saturated carbocycles. The molecule has 4 aromatic heterocycles.